The summed E-state index contributed by atoms with van der Waals surface area (Å²) in [6.45, 7) is 1.41. The molecule has 1 aromatic carbocycles. The molecule has 0 aliphatic heterocycles. The number of carbonyl (C=O) groups is 2. The molecule has 0 fully saturated rings. The zero-order chi connectivity index (χ0) is 15.4. The molecule has 2 rings (SSSR count). The molecule has 1 N–H and O–H groups in total. The Hall–Kier alpha value is -2.28. The molecule has 1 aromatic heterocycles. The summed E-state index contributed by atoms with van der Waals surface area (Å²) >= 11 is 1.23. The molecular weight excluding hydrogens is 300 g/mol. The zero-order valence-corrected chi connectivity index (χ0v) is 11.7. The van der Waals surface area contributed by atoms with Crippen molar-refractivity contribution in [1.29, 1.82) is 0 Å². The number of halogens is 2. The van der Waals surface area contributed by atoms with Gasteiger partial charge in [-0.05, 0) is 30.5 Å². The normalized spacial score (nSPS) is 11.8. The second-order valence-corrected chi connectivity index (χ2v) is 5.12. The van der Waals surface area contributed by atoms with Crippen molar-refractivity contribution >= 4 is 23.2 Å². The highest BCUT2D eigenvalue weighted by molar-refractivity contribution is 7.12. The van der Waals surface area contributed by atoms with Crippen LogP contribution in [0.15, 0.2) is 35.7 Å². The Morgan fingerprint density at radius 3 is 2.67 bits per heavy atom. The summed E-state index contributed by atoms with van der Waals surface area (Å²) in [6.07, 6.45) is 0. The monoisotopic (exact) mass is 311 g/mol. The van der Waals surface area contributed by atoms with Gasteiger partial charge in [0.2, 0.25) is 0 Å². The summed E-state index contributed by atoms with van der Waals surface area (Å²) in [5, 5.41) is 4.16. The molecule has 0 bridgehead atoms. The van der Waals surface area contributed by atoms with Gasteiger partial charge in [-0.15, -0.1) is 11.3 Å². The van der Waals surface area contributed by atoms with Gasteiger partial charge in [-0.3, -0.25) is 4.79 Å². The molecule has 0 saturated heterocycles. The fourth-order valence-corrected chi connectivity index (χ4v) is 2.12. The van der Waals surface area contributed by atoms with Gasteiger partial charge in [0.15, 0.2) is 11.6 Å². The summed E-state index contributed by atoms with van der Waals surface area (Å²) in [5.41, 5.74) is 0. The Morgan fingerprint density at radius 2 is 2.05 bits per heavy atom. The lowest BCUT2D eigenvalue weighted by Crippen LogP contribution is -2.40. The molecule has 2 aromatic rings. The lowest BCUT2D eigenvalue weighted by Gasteiger charge is -2.13. The number of thiophene rings is 1. The zero-order valence-electron chi connectivity index (χ0n) is 10.9. The molecule has 7 heteroatoms. The first kappa shape index (κ1) is 15.1. The van der Waals surface area contributed by atoms with E-state index in [0.717, 1.165) is 12.1 Å². The van der Waals surface area contributed by atoms with E-state index in [-0.39, 0.29) is 0 Å². The van der Waals surface area contributed by atoms with Gasteiger partial charge in [0.25, 0.3) is 5.91 Å². The largest absolute Gasteiger partial charge is 0.422 e. The SMILES string of the molecule is C[C@H](NC(=O)c1cccs1)C(=O)Oc1ccc(F)cc1F. The number of benzene rings is 1. The first-order valence-electron chi connectivity index (χ1n) is 5.98. The van der Waals surface area contributed by atoms with E-state index in [9.17, 15) is 18.4 Å². The number of esters is 1. The average molecular weight is 311 g/mol. The maximum absolute atomic E-state index is 13.4. The molecular formula is C14H11F2NO3S. The number of nitrogens with one attached hydrogen (secondary N) is 1. The maximum Gasteiger partial charge on any atom is 0.333 e. The first-order chi connectivity index (χ1) is 9.97. The summed E-state index contributed by atoms with van der Waals surface area (Å²) in [4.78, 5) is 24.0. The predicted molar refractivity (Wildman–Crippen MR) is 73.2 cm³/mol. The number of hydrogen-bond donors (Lipinski definition) is 1. The van der Waals surface area contributed by atoms with Crippen LogP contribution in [0.4, 0.5) is 8.78 Å². The third kappa shape index (κ3) is 3.85. The van der Waals surface area contributed by atoms with Crippen LogP contribution in [0.5, 0.6) is 5.75 Å². The quantitative estimate of drug-likeness (QED) is 0.698. The molecule has 21 heavy (non-hydrogen) atoms. The van der Waals surface area contributed by atoms with Gasteiger partial charge >= 0.3 is 5.97 Å². The smallest absolute Gasteiger partial charge is 0.333 e. The molecule has 0 unspecified atom stereocenters. The minimum atomic E-state index is -0.986. The van der Waals surface area contributed by atoms with Crippen molar-refractivity contribution in [3.63, 3.8) is 0 Å². The van der Waals surface area contributed by atoms with Crippen LogP contribution in [0.3, 0.4) is 0 Å². The molecule has 110 valence electrons. The van der Waals surface area contributed by atoms with Crippen molar-refractivity contribution in [3.05, 3.63) is 52.2 Å². The van der Waals surface area contributed by atoms with Crippen molar-refractivity contribution in [2.75, 3.05) is 0 Å². The molecule has 4 nitrogen and oxygen atoms in total. The highest BCUT2D eigenvalue weighted by Crippen LogP contribution is 2.18. The summed E-state index contributed by atoms with van der Waals surface area (Å²) in [6, 6.07) is 4.94. The number of ether oxygens (including phenoxy) is 1. The van der Waals surface area contributed by atoms with Gasteiger partial charge in [-0.1, -0.05) is 6.07 Å². The standard InChI is InChI=1S/C14H11F2NO3S/c1-8(17-13(18)12-3-2-6-21-12)14(19)20-11-5-4-9(15)7-10(11)16/h2-8H,1H3,(H,17,18)/t8-/m0/s1. The second-order valence-electron chi connectivity index (χ2n) is 4.17. The molecule has 1 heterocycles. The van der Waals surface area contributed by atoms with Crippen LogP contribution in [0, 0.1) is 11.6 Å². The highest BCUT2D eigenvalue weighted by Gasteiger charge is 2.20. The van der Waals surface area contributed by atoms with Crippen LogP contribution in [-0.2, 0) is 4.79 Å². The van der Waals surface area contributed by atoms with Gasteiger partial charge in [-0.25, -0.2) is 13.6 Å². The second kappa shape index (κ2) is 6.45. The number of rotatable bonds is 4. The first-order valence-corrected chi connectivity index (χ1v) is 6.86. The molecule has 1 amide bonds. The Kier molecular flexibility index (Phi) is 4.64. The lowest BCUT2D eigenvalue weighted by molar-refractivity contribution is -0.136. The van der Waals surface area contributed by atoms with E-state index in [4.69, 9.17) is 4.74 Å². The third-order valence-corrected chi connectivity index (χ3v) is 3.42. The van der Waals surface area contributed by atoms with Crippen molar-refractivity contribution in [1.82, 2.24) is 5.32 Å². The van der Waals surface area contributed by atoms with E-state index in [0.29, 0.717) is 10.9 Å². The van der Waals surface area contributed by atoms with E-state index in [2.05, 4.69) is 5.32 Å². The topological polar surface area (TPSA) is 55.4 Å². The van der Waals surface area contributed by atoms with E-state index in [1.165, 1.54) is 18.3 Å². The average Bonchev–Trinajstić information content (AvgIpc) is 2.95. The van der Waals surface area contributed by atoms with Crippen LogP contribution >= 0.6 is 11.3 Å². The van der Waals surface area contributed by atoms with Gasteiger partial charge in [0, 0.05) is 6.07 Å². The Bertz CT molecular complexity index is 658. The number of hydrogen-bond acceptors (Lipinski definition) is 4. The number of amides is 1. The third-order valence-electron chi connectivity index (χ3n) is 2.55. The molecule has 0 aliphatic carbocycles. The lowest BCUT2D eigenvalue weighted by atomic mass is 10.3. The summed E-state index contributed by atoms with van der Waals surface area (Å²) in [7, 11) is 0. The van der Waals surface area contributed by atoms with Crippen molar-refractivity contribution < 1.29 is 23.1 Å². The van der Waals surface area contributed by atoms with E-state index >= 15 is 0 Å². The van der Waals surface area contributed by atoms with E-state index in [1.54, 1.807) is 17.5 Å². The van der Waals surface area contributed by atoms with Gasteiger partial charge < -0.3 is 10.1 Å². The minimum Gasteiger partial charge on any atom is -0.422 e. The number of carbonyl (C=O) groups excluding carboxylic acids is 2. The molecule has 0 radical (unpaired) electrons. The van der Waals surface area contributed by atoms with Crippen molar-refractivity contribution in [2.45, 2.75) is 13.0 Å². The molecule has 1 atom stereocenters. The molecule has 0 aliphatic rings. The van der Waals surface area contributed by atoms with Crippen LogP contribution < -0.4 is 10.1 Å². The Morgan fingerprint density at radius 1 is 1.29 bits per heavy atom. The van der Waals surface area contributed by atoms with Crippen molar-refractivity contribution in [2.24, 2.45) is 0 Å². The minimum absolute atomic E-state index is 0.390. The Balaban J connectivity index is 1.98. The van der Waals surface area contributed by atoms with E-state index in [1.807, 2.05) is 0 Å². The fraction of sp³-hybridized carbons (Fsp3) is 0.143. The van der Waals surface area contributed by atoms with Crippen LogP contribution in [0.1, 0.15) is 16.6 Å². The van der Waals surface area contributed by atoms with Crippen molar-refractivity contribution in [3.8, 4) is 5.75 Å². The maximum atomic E-state index is 13.4. The van der Waals surface area contributed by atoms with Crippen LogP contribution in [0.25, 0.3) is 0 Å². The van der Waals surface area contributed by atoms with Gasteiger partial charge in [-0.2, -0.15) is 0 Å². The van der Waals surface area contributed by atoms with Gasteiger partial charge in [0.05, 0.1) is 4.88 Å². The van der Waals surface area contributed by atoms with Gasteiger partial charge in [0.1, 0.15) is 11.9 Å². The summed E-state index contributed by atoms with van der Waals surface area (Å²) < 4.78 is 30.9. The molecule has 0 spiro atoms. The highest BCUT2D eigenvalue weighted by atomic mass is 32.1. The molecule has 0 saturated carbocycles. The predicted octanol–water partition coefficient (Wildman–Crippen LogP) is 2.75. The van der Waals surface area contributed by atoms with E-state index < -0.39 is 35.3 Å². The van der Waals surface area contributed by atoms with Crippen LogP contribution in [-0.4, -0.2) is 17.9 Å². The van der Waals surface area contributed by atoms with Crippen LogP contribution in [0.2, 0.25) is 0 Å². The Labute approximate surface area is 123 Å². The summed E-state index contributed by atoms with van der Waals surface area (Å²) in [5.74, 6) is -3.41. The fourth-order valence-electron chi connectivity index (χ4n) is 1.49.